The number of thiazole rings is 1. The molecule has 5 heteroatoms. The number of nitrogens with one attached hydrogen (secondary N) is 1. The summed E-state index contributed by atoms with van der Waals surface area (Å²) in [4.78, 5) is 16.0. The lowest BCUT2D eigenvalue weighted by molar-refractivity contribution is 0.187. The van der Waals surface area contributed by atoms with Crippen LogP contribution in [0, 0.1) is 0 Å². The summed E-state index contributed by atoms with van der Waals surface area (Å²) in [6, 6.07) is 0. The Labute approximate surface area is 80.9 Å². The fraction of sp³-hybridized carbons (Fsp3) is 0.500. The van der Waals surface area contributed by atoms with Crippen molar-refractivity contribution in [1.29, 1.82) is 0 Å². The van der Waals surface area contributed by atoms with Crippen LogP contribution >= 0.6 is 11.3 Å². The summed E-state index contributed by atoms with van der Waals surface area (Å²) in [5, 5.41) is 3.09. The zero-order valence-corrected chi connectivity index (χ0v) is 8.64. The molecule has 72 valence electrons. The second-order valence-corrected chi connectivity index (χ2v) is 3.90. The molecule has 0 aliphatic carbocycles. The standard InChI is InChI=1S/C8H12N2O2S/c1-5(2)6-4-9-7(13-6)10-8(11)12-3/h4-5H,1-3H3,(H,9,10,11). The van der Waals surface area contributed by atoms with Crippen LogP contribution in [0.4, 0.5) is 9.93 Å². The van der Waals surface area contributed by atoms with Crippen LogP contribution in [0.15, 0.2) is 6.20 Å². The summed E-state index contributed by atoms with van der Waals surface area (Å²) in [6.07, 6.45) is 1.28. The molecule has 0 radical (unpaired) electrons. The number of methoxy groups -OCH3 is 1. The number of amides is 1. The van der Waals surface area contributed by atoms with Crippen molar-refractivity contribution in [2.24, 2.45) is 0 Å². The number of nitrogens with zero attached hydrogens (tertiary/aromatic N) is 1. The molecule has 1 heterocycles. The summed E-state index contributed by atoms with van der Waals surface area (Å²) in [5.74, 6) is 0.436. The molecule has 0 saturated carbocycles. The van der Waals surface area contributed by atoms with Gasteiger partial charge in [0.2, 0.25) is 0 Å². The first-order valence-corrected chi connectivity index (χ1v) is 4.76. The highest BCUT2D eigenvalue weighted by molar-refractivity contribution is 7.15. The second kappa shape index (κ2) is 4.23. The van der Waals surface area contributed by atoms with E-state index in [2.05, 4.69) is 28.9 Å². The van der Waals surface area contributed by atoms with Gasteiger partial charge >= 0.3 is 6.09 Å². The van der Waals surface area contributed by atoms with Crippen LogP contribution in [-0.4, -0.2) is 18.2 Å². The highest BCUT2D eigenvalue weighted by atomic mass is 32.1. The first-order chi connectivity index (χ1) is 6.13. The van der Waals surface area contributed by atoms with Gasteiger partial charge in [-0.2, -0.15) is 0 Å². The van der Waals surface area contributed by atoms with E-state index in [-0.39, 0.29) is 0 Å². The van der Waals surface area contributed by atoms with Crippen LogP contribution < -0.4 is 5.32 Å². The van der Waals surface area contributed by atoms with Crippen LogP contribution in [-0.2, 0) is 4.74 Å². The van der Waals surface area contributed by atoms with Gasteiger partial charge in [-0.3, -0.25) is 5.32 Å². The summed E-state index contributed by atoms with van der Waals surface area (Å²) in [6.45, 7) is 4.16. The average Bonchev–Trinajstić information content (AvgIpc) is 2.52. The van der Waals surface area contributed by atoms with Crippen LogP contribution in [0.25, 0.3) is 0 Å². The Morgan fingerprint density at radius 3 is 2.85 bits per heavy atom. The monoisotopic (exact) mass is 200 g/mol. The Bertz CT molecular complexity index is 296. The van der Waals surface area contributed by atoms with Gasteiger partial charge in [0.05, 0.1) is 7.11 Å². The summed E-state index contributed by atoms with van der Waals surface area (Å²) < 4.78 is 4.44. The van der Waals surface area contributed by atoms with Crippen molar-refractivity contribution >= 4 is 22.6 Å². The maximum atomic E-state index is 10.8. The lowest BCUT2D eigenvalue weighted by atomic mass is 10.2. The molecule has 0 fully saturated rings. The number of rotatable bonds is 2. The quantitative estimate of drug-likeness (QED) is 0.797. The number of hydrogen-bond acceptors (Lipinski definition) is 4. The van der Waals surface area contributed by atoms with Crippen molar-refractivity contribution < 1.29 is 9.53 Å². The van der Waals surface area contributed by atoms with E-state index in [9.17, 15) is 4.79 Å². The largest absolute Gasteiger partial charge is 0.453 e. The van der Waals surface area contributed by atoms with E-state index in [1.807, 2.05) is 0 Å². The Morgan fingerprint density at radius 1 is 1.69 bits per heavy atom. The molecule has 13 heavy (non-hydrogen) atoms. The van der Waals surface area contributed by atoms with Crippen LogP contribution in [0.1, 0.15) is 24.6 Å². The van der Waals surface area contributed by atoms with Crippen molar-refractivity contribution in [3.63, 3.8) is 0 Å². The lowest BCUT2D eigenvalue weighted by Crippen LogP contribution is -2.10. The third kappa shape index (κ3) is 2.69. The zero-order valence-electron chi connectivity index (χ0n) is 7.83. The number of anilines is 1. The first-order valence-electron chi connectivity index (χ1n) is 3.94. The predicted molar refractivity (Wildman–Crippen MR) is 52.2 cm³/mol. The van der Waals surface area contributed by atoms with E-state index in [1.165, 1.54) is 18.4 Å². The molecule has 1 rings (SSSR count). The molecular formula is C8H12N2O2S. The van der Waals surface area contributed by atoms with E-state index in [1.54, 1.807) is 6.20 Å². The Morgan fingerprint density at radius 2 is 2.38 bits per heavy atom. The van der Waals surface area contributed by atoms with Gasteiger partial charge < -0.3 is 4.74 Å². The third-order valence-corrected chi connectivity index (χ3v) is 2.70. The number of carbonyl (C=O) groups excluding carboxylic acids is 1. The minimum atomic E-state index is -0.482. The van der Waals surface area contributed by atoms with E-state index >= 15 is 0 Å². The fourth-order valence-corrected chi connectivity index (χ4v) is 1.55. The lowest BCUT2D eigenvalue weighted by Gasteiger charge is -1.98. The molecule has 0 bridgehead atoms. The van der Waals surface area contributed by atoms with Crippen LogP contribution in [0.2, 0.25) is 0 Å². The van der Waals surface area contributed by atoms with E-state index in [0.29, 0.717) is 11.0 Å². The molecule has 0 aliphatic rings. The molecule has 0 atom stereocenters. The van der Waals surface area contributed by atoms with E-state index in [4.69, 9.17) is 0 Å². The molecule has 0 unspecified atom stereocenters. The fourth-order valence-electron chi connectivity index (χ4n) is 0.750. The van der Waals surface area contributed by atoms with E-state index < -0.39 is 6.09 Å². The number of hydrogen-bond donors (Lipinski definition) is 1. The second-order valence-electron chi connectivity index (χ2n) is 2.84. The van der Waals surface area contributed by atoms with Gasteiger partial charge in [0.25, 0.3) is 0 Å². The third-order valence-electron chi connectivity index (χ3n) is 1.49. The van der Waals surface area contributed by atoms with Gasteiger partial charge in [-0.15, -0.1) is 11.3 Å². The summed E-state index contributed by atoms with van der Waals surface area (Å²) in [7, 11) is 1.33. The molecule has 0 aromatic carbocycles. The van der Waals surface area contributed by atoms with Gasteiger partial charge in [0.15, 0.2) is 5.13 Å². The SMILES string of the molecule is COC(=O)Nc1ncc(C(C)C)s1. The Kier molecular flexibility index (Phi) is 3.25. The van der Waals surface area contributed by atoms with Crippen molar-refractivity contribution in [1.82, 2.24) is 4.98 Å². The molecular weight excluding hydrogens is 188 g/mol. The Hall–Kier alpha value is -1.10. The van der Waals surface area contributed by atoms with E-state index in [0.717, 1.165) is 4.88 Å². The van der Waals surface area contributed by atoms with Gasteiger partial charge in [0.1, 0.15) is 0 Å². The molecule has 1 N–H and O–H groups in total. The van der Waals surface area contributed by atoms with Gasteiger partial charge in [-0.1, -0.05) is 13.8 Å². The molecule has 4 nitrogen and oxygen atoms in total. The molecule has 0 saturated heterocycles. The predicted octanol–water partition coefficient (Wildman–Crippen LogP) is 2.44. The van der Waals surface area contributed by atoms with Crippen molar-refractivity contribution in [3.8, 4) is 0 Å². The molecule has 1 aromatic rings. The highest BCUT2D eigenvalue weighted by Crippen LogP contribution is 2.24. The number of carbonyl (C=O) groups is 1. The Balaban J connectivity index is 2.64. The number of ether oxygens (including phenoxy) is 1. The van der Waals surface area contributed by atoms with Crippen LogP contribution in [0.5, 0.6) is 0 Å². The van der Waals surface area contributed by atoms with Crippen molar-refractivity contribution in [2.75, 3.05) is 12.4 Å². The van der Waals surface area contributed by atoms with Crippen LogP contribution in [0.3, 0.4) is 0 Å². The minimum absolute atomic E-state index is 0.436. The van der Waals surface area contributed by atoms with Gasteiger partial charge in [0, 0.05) is 11.1 Å². The minimum Gasteiger partial charge on any atom is -0.453 e. The van der Waals surface area contributed by atoms with Gasteiger partial charge in [-0.05, 0) is 5.92 Å². The molecule has 0 aliphatic heterocycles. The molecule has 1 amide bonds. The summed E-state index contributed by atoms with van der Waals surface area (Å²) in [5.41, 5.74) is 0. The molecule has 1 aromatic heterocycles. The topological polar surface area (TPSA) is 51.2 Å². The maximum absolute atomic E-state index is 10.8. The van der Waals surface area contributed by atoms with Crippen molar-refractivity contribution in [2.45, 2.75) is 19.8 Å². The van der Waals surface area contributed by atoms with Crippen molar-refractivity contribution in [3.05, 3.63) is 11.1 Å². The molecule has 0 spiro atoms. The average molecular weight is 200 g/mol. The smallest absolute Gasteiger partial charge is 0.413 e. The van der Waals surface area contributed by atoms with Gasteiger partial charge in [-0.25, -0.2) is 9.78 Å². The number of aromatic nitrogens is 1. The zero-order chi connectivity index (χ0) is 9.84. The normalized spacial score (nSPS) is 10.2. The maximum Gasteiger partial charge on any atom is 0.413 e. The first kappa shape index (κ1) is 9.98. The summed E-state index contributed by atoms with van der Waals surface area (Å²) >= 11 is 1.46. The highest BCUT2D eigenvalue weighted by Gasteiger charge is 2.07.